The van der Waals surface area contributed by atoms with Gasteiger partial charge < -0.3 is 15.2 Å². The topological polar surface area (TPSA) is 86.7 Å². The summed E-state index contributed by atoms with van der Waals surface area (Å²) in [5.74, 6) is -0.350. The quantitative estimate of drug-likeness (QED) is 0.602. The van der Waals surface area contributed by atoms with Gasteiger partial charge in [0.2, 0.25) is 5.91 Å². The summed E-state index contributed by atoms with van der Waals surface area (Å²) in [4.78, 5) is 37.6. The summed E-state index contributed by atoms with van der Waals surface area (Å²) in [5.41, 5.74) is 1.72. The first-order valence-corrected chi connectivity index (χ1v) is 9.73. The van der Waals surface area contributed by atoms with E-state index in [0.29, 0.717) is 19.1 Å². The molecule has 2 aromatic carbocycles. The molecule has 2 aromatic rings. The number of carbonyl (C=O) groups is 3. The van der Waals surface area contributed by atoms with Crippen molar-refractivity contribution in [2.45, 2.75) is 45.3 Å². The SMILES string of the molecule is CC(C)CC(C(=O)NC(C=O)Cc1ccccc1)N(Cc1ccccc1)C(=O)O. The van der Waals surface area contributed by atoms with Crippen molar-refractivity contribution in [2.24, 2.45) is 5.92 Å². The van der Waals surface area contributed by atoms with Crippen LogP contribution in [0.2, 0.25) is 0 Å². The summed E-state index contributed by atoms with van der Waals surface area (Å²) >= 11 is 0. The minimum absolute atomic E-state index is 0.103. The van der Waals surface area contributed by atoms with E-state index >= 15 is 0 Å². The van der Waals surface area contributed by atoms with Gasteiger partial charge in [-0.05, 0) is 29.9 Å². The number of amides is 2. The van der Waals surface area contributed by atoms with Crippen molar-refractivity contribution in [2.75, 3.05) is 0 Å². The van der Waals surface area contributed by atoms with Crippen LogP contribution in [0.3, 0.4) is 0 Å². The Balaban J connectivity index is 2.17. The molecule has 2 atom stereocenters. The molecule has 0 bridgehead atoms. The zero-order chi connectivity index (χ0) is 21.2. The monoisotopic (exact) mass is 396 g/mol. The number of nitrogens with zero attached hydrogens (tertiary/aromatic N) is 1. The third kappa shape index (κ3) is 7.07. The lowest BCUT2D eigenvalue weighted by molar-refractivity contribution is -0.129. The van der Waals surface area contributed by atoms with E-state index in [1.807, 2.05) is 74.5 Å². The van der Waals surface area contributed by atoms with E-state index in [2.05, 4.69) is 5.32 Å². The lowest BCUT2D eigenvalue weighted by Crippen LogP contribution is -2.52. The summed E-state index contributed by atoms with van der Waals surface area (Å²) in [6.07, 6.45) is 0.248. The van der Waals surface area contributed by atoms with Crippen LogP contribution in [0.1, 0.15) is 31.4 Å². The fraction of sp³-hybridized carbons (Fsp3) is 0.348. The number of nitrogens with one attached hydrogen (secondary N) is 1. The van der Waals surface area contributed by atoms with Gasteiger partial charge in [0.05, 0.1) is 6.04 Å². The average molecular weight is 396 g/mol. The molecule has 0 saturated carbocycles. The molecule has 2 rings (SSSR count). The molecule has 0 aliphatic heterocycles. The van der Waals surface area contributed by atoms with E-state index in [-0.39, 0.29) is 12.5 Å². The maximum Gasteiger partial charge on any atom is 0.408 e. The number of rotatable bonds is 10. The summed E-state index contributed by atoms with van der Waals surface area (Å²) in [6.45, 7) is 3.97. The number of aldehydes is 1. The molecule has 6 heteroatoms. The van der Waals surface area contributed by atoms with Crippen molar-refractivity contribution in [3.63, 3.8) is 0 Å². The largest absolute Gasteiger partial charge is 0.465 e. The molecule has 0 aliphatic carbocycles. The van der Waals surface area contributed by atoms with Gasteiger partial charge in [0.15, 0.2) is 0 Å². The standard InChI is InChI=1S/C23H28N2O4/c1-17(2)13-21(25(23(28)29)15-19-11-7-4-8-12-19)22(27)24-20(16-26)14-18-9-5-3-6-10-18/h3-12,16-17,20-21H,13-15H2,1-2H3,(H,24,27)(H,28,29). The van der Waals surface area contributed by atoms with Gasteiger partial charge in [-0.3, -0.25) is 9.69 Å². The van der Waals surface area contributed by atoms with Crippen LogP contribution < -0.4 is 5.32 Å². The highest BCUT2D eigenvalue weighted by Gasteiger charge is 2.31. The zero-order valence-corrected chi connectivity index (χ0v) is 16.8. The Hall–Kier alpha value is -3.15. The third-order valence-corrected chi connectivity index (χ3v) is 4.61. The predicted molar refractivity (Wildman–Crippen MR) is 111 cm³/mol. The number of benzene rings is 2. The Morgan fingerprint density at radius 3 is 2.03 bits per heavy atom. The molecule has 2 N–H and O–H groups in total. The first-order valence-electron chi connectivity index (χ1n) is 9.73. The van der Waals surface area contributed by atoms with E-state index in [1.165, 1.54) is 0 Å². The van der Waals surface area contributed by atoms with Crippen LogP contribution in [-0.4, -0.2) is 40.4 Å². The van der Waals surface area contributed by atoms with Gasteiger partial charge in [-0.1, -0.05) is 74.5 Å². The predicted octanol–water partition coefficient (Wildman–Crippen LogP) is 3.51. The Labute approximate surface area is 171 Å². The van der Waals surface area contributed by atoms with Crippen molar-refractivity contribution in [1.82, 2.24) is 10.2 Å². The summed E-state index contributed by atoms with van der Waals surface area (Å²) in [5, 5.41) is 12.5. The average Bonchev–Trinajstić information content (AvgIpc) is 2.71. The fourth-order valence-corrected chi connectivity index (χ4v) is 3.19. The second-order valence-electron chi connectivity index (χ2n) is 7.48. The van der Waals surface area contributed by atoms with Crippen LogP contribution in [-0.2, 0) is 22.6 Å². The van der Waals surface area contributed by atoms with Gasteiger partial charge in [0.1, 0.15) is 12.3 Å². The Bertz CT molecular complexity index is 793. The number of carboxylic acid groups (broad SMARTS) is 1. The molecule has 0 heterocycles. The molecule has 154 valence electrons. The molecule has 0 fully saturated rings. The van der Waals surface area contributed by atoms with E-state index in [9.17, 15) is 19.5 Å². The maximum atomic E-state index is 13.0. The Kier molecular flexibility index (Phi) is 8.40. The molecule has 0 spiro atoms. The van der Waals surface area contributed by atoms with Gasteiger partial charge in [0.25, 0.3) is 0 Å². The minimum atomic E-state index is -1.17. The number of carbonyl (C=O) groups excluding carboxylic acids is 2. The Morgan fingerprint density at radius 1 is 1.00 bits per heavy atom. The van der Waals surface area contributed by atoms with Crippen LogP contribution >= 0.6 is 0 Å². The first-order chi connectivity index (χ1) is 13.9. The third-order valence-electron chi connectivity index (χ3n) is 4.61. The van der Waals surface area contributed by atoms with Crippen LogP contribution in [0, 0.1) is 5.92 Å². The van der Waals surface area contributed by atoms with Gasteiger partial charge >= 0.3 is 6.09 Å². The summed E-state index contributed by atoms with van der Waals surface area (Å²) in [6, 6.07) is 16.9. The van der Waals surface area contributed by atoms with Crippen molar-refractivity contribution < 1.29 is 19.5 Å². The van der Waals surface area contributed by atoms with Crippen molar-refractivity contribution in [1.29, 1.82) is 0 Å². The van der Waals surface area contributed by atoms with Gasteiger partial charge in [0, 0.05) is 6.54 Å². The maximum absolute atomic E-state index is 13.0. The lowest BCUT2D eigenvalue weighted by atomic mass is 10.00. The minimum Gasteiger partial charge on any atom is -0.465 e. The second-order valence-corrected chi connectivity index (χ2v) is 7.48. The van der Waals surface area contributed by atoms with Crippen molar-refractivity contribution in [3.05, 3.63) is 71.8 Å². The highest BCUT2D eigenvalue weighted by Crippen LogP contribution is 2.17. The molecular formula is C23H28N2O4. The fourth-order valence-electron chi connectivity index (χ4n) is 3.19. The number of hydrogen-bond acceptors (Lipinski definition) is 3. The van der Waals surface area contributed by atoms with Crippen molar-refractivity contribution >= 4 is 18.3 Å². The highest BCUT2D eigenvalue weighted by atomic mass is 16.4. The van der Waals surface area contributed by atoms with Crippen LogP contribution in [0.4, 0.5) is 4.79 Å². The zero-order valence-electron chi connectivity index (χ0n) is 16.8. The van der Waals surface area contributed by atoms with Gasteiger partial charge in [-0.15, -0.1) is 0 Å². The molecular weight excluding hydrogens is 368 g/mol. The van der Waals surface area contributed by atoms with Crippen LogP contribution in [0.5, 0.6) is 0 Å². The molecule has 2 unspecified atom stereocenters. The Morgan fingerprint density at radius 2 is 1.55 bits per heavy atom. The second kappa shape index (κ2) is 11.0. The molecule has 2 amide bonds. The molecule has 0 radical (unpaired) electrons. The normalized spacial score (nSPS) is 12.8. The van der Waals surface area contributed by atoms with Crippen LogP contribution in [0.25, 0.3) is 0 Å². The lowest BCUT2D eigenvalue weighted by Gasteiger charge is -2.30. The van der Waals surface area contributed by atoms with E-state index in [1.54, 1.807) is 0 Å². The van der Waals surface area contributed by atoms with Crippen molar-refractivity contribution in [3.8, 4) is 0 Å². The summed E-state index contributed by atoms with van der Waals surface area (Å²) < 4.78 is 0. The summed E-state index contributed by atoms with van der Waals surface area (Å²) in [7, 11) is 0. The molecule has 6 nitrogen and oxygen atoms in total. The number of hydrogen-bond donors (Lipinski definition) is 2. The van der Waals surface area contributed by atoms with E-state index < -0.39 is 24.1 Å². The molecule has 0 aliphatic rings. The molecule has 0 saturated heterocycles. The molecule has 0 aromatic heterocycles. The first kappa shape index (κ1) is 22.1. The molecule has 29 heavy (non-hydrogen) atoms. The highest BCUT2D eigenvalue weighted by molar-refractivity contribution is 5.87. The van der Waals surface area contributed by atoms with Crippen LogP contribution in [0.15, 0.2) is 60.7 Å². The van der Waals surface area contributed by atoms with E-state index in [0.717, 1.165) is 16.0 Å². The smallest absolute Gasteiger partial charge is 0.408 e. The van der Waals surface area contributed by atoms with E-state index in [4.69, 9.17) is 0 Å². The van der Waals surface area contributed by atoms with Gasteiger partial charge in [-0.2, -0.15) is 0 Å². The van der Waals surface area contributed by atoms with Gasteiger partial charge in [-0.25, -0.2) is 4.79 Å².